The predicted molar refractivity (Wildman–Crippen MR) is 162 cm³/mol. The molecule has 41 heavy (non-hydrogen) atoms. The molecule has 220 valence electrons. The second kappa shape index (κ2) is 14.7. The van der Waals surface area contributed by atoms with Crippen molar-refractivity contribution in [3.8, 4) is 5.75 Å². The highest BCUT2D eigenvalue weighted by molar-refractivity contribution is 7.92. The Kier molecular flexibility index (Phi) is 11.3. The maximum Gasteiger partial charge on any atom is 0.264 e. The van der Waals surface area contributed by atoms with E-state index in [1.54, 1.807) is 49.6 Å². The van der Waals surface area contributed by atoms with Gasteiger partial charge in [0.1, 0.15) is 18.3 Å². The van der Waals surface area contributed by atoms with Gasteiger partial charge in [0, 0.05) is 13.1 Å². The standard InChI is InChI=1S/C32H41N3O5S/c1-6-8-20-33-32(37)30(7-2)34(22-26-10-9-11-28(21-26)40-5)31(36)23-35(27-16-12-24(3)13-17-27)41(38,39)29-18-14-25(4)15-19-29/h9-19,21,30H,6-8,20,22-23H2,1-5H3,(H,33,37)/t30-/m1/s1. The minimum atomic E-state index is -4.10. The van der Waals surface area contributed by atoms with Crippen molar-refractivity contribution in [3.05, 3.63) is 89.5 Å². The highest BCUT2D eigenvalue weighted by atomic mass is 32.2. The van der Waals surface area contributed by atoms with E-state index in [-0.39, 0.29) is 17.3 Å². The molecular weight excluding hydrogens is 538 g/mol. The van der Waals surface area contributed by atoms with Crippen LogP contribution in [0.5, 0.6) is 5.75 Å². The summed E-state index contributed by atoms with van der Waals surface area (Å²) in [6, 6.07) is 20.0. The van der Waals surface area contributed by atoms with E-state index in [1.807, 2.05) is 58.0 Å². The number of unbranched alkanes of at least 4 members (excludes halogenated alkanes) is 1. The van der Waals surface area contributed by atoms with E-state index in [2.05, 4.69) is 5.32 Å². The molecular formula is C32H41N3O5S. The summed E-state index contributed by atoms with van der Waals surface area (Å²) < 4.78 is 34.4. The van der Waals surface area contributed by atoms with Crippen LogP contribution in [0.15, 0.2) is 77.7 Å². The van der Waals surface area contributed by atoms with Gasteiger partial charge >= 0.3 is 0 Å². The third-order valence-corrected chi connectivity index (χ3v) is 8.70. The molecule has 0 aliphatic heterocycles. The number of carbonyl (C=O) groups excluding carboxylic acids is 2. The topological polar surface area (TPSA) is 96.0 Å². The zero-order chi connectivity index (χ0) is 30.0. The first-order chi connectivity index (χ1) is 19.6. The number of anilines is 1. The molecule has 0 spiro atoms. The lowest BCUT2D eigenvalue weighted by Crippen LogP contribution is -2.52. The summed E-state index contributed by atoms with van der Waals surface area (Å²) in [6.45, 7) is 7.82. The van der Waals surface area contributed by atoms with E-state index in [4.69, 9.17) is 4.74 Å². The summed E-state index contributed by atoms with van der Waals surface area (Å²) in [5.74, 6) is -0.124. The average Bonchev–Trinajstić information content (AvgIpc) is 2.96. The predicted octanol–water partition coefficient (Wildman–Crippen LogP) is 5.23. The van der Waals surface area contributed by atoms with Crippen molar-refractivity contribution >= 4 is 27.5 Å². The number of nitrogens with one attached hydrogen (secondary N) is 1. The molecule has 0 saturated carbocycles. The van der Waals surface area contributed by atoms with Gasteiger partial charge in [0.05, 0.1) is 17.7 Å². The van der Waals surface area contributed by atoms with Crippen molar-refractivity contribution < 1.29 is 22.7 Å². The molecule has 1 atom stereocenters. The highest BCUT2D eigenvalue weighted by Crippen LogP contribution is 2.26. The van der Waals surface area contributed by atoms with Gasteiger partial charge in [0.15, 0.2) is 0 Å². The molecule has 0 saturated heterocycles. The highest BCUT2D eigenvalue weighted by Gasteiger charge is 2.33. The first kappa shape index (κ1) is 31.7. The number of ether oxygens (including phenoxy) is 1. The smallest absolute Gasteiger partial charge is 0.264 e. The fourth-order valence-corrected chi connectivity index (χ4v) is 5.88. The van der Waals surface area contributed by atoms with Crippen molar-refractivity contribution in [2.75, 3.05) is 24.5 Å². The molecule has 0 radical (unpaired) electrons. The summed E-state index contributed by atoms with van der Waals surface area (Å²) in [7, 11) is -2.54. The van der Waals surface area contributed by atoms with Crippen molar-refractivity contribution in [2.24, 2.45) is 0 Å². The summed E-state index contributed by atoms with van der Waals surface area (Å²) in [5, 5.41) is 2.94. The van der Waals surface area contributed by atoms with Crippen LogP contribution < -0.4 is 14.4 Å². The van der Waals surface area contributed by atoms with Crippen molar-refractivity contribution in [3.63, 3.8) is 0 Å². The number of hydrogen-bond acceptors (Lipinski definition) is 5. The van der Waals surface area contributed by atoms with E-state index in [9.17, 15) is 18.0 Å². The van der Waals surface area contributed by atoms with Gasteiger partial charge in [0.25, 0.3) is 10.0 Å². The van der Waals surface area contributed by atoms with Gasteiger partial charge in [-0.1, -0.05) is 67.8 Å². The molecule has 8 nitrogen and oxygen atoms in total. The monoisotopic (exact) mass is 579 g/mol. The van der Waals surface area contributed by atoms with Crippen LogP contribution in [0.1, 0.15) is 49.8 Å². The van der Waals surface area contributed by atoms with E-state index >= 15 is 0 Å². The number of carbonyl (C=O) groups is 2. The third-order valence-electron chi connectivity index (χ3n) is 6.91. The average molecular weight is 580 g/mol. The normalized spacial score (nSPS) is 11.9. The number of methoxy groups -OCH3 is 1. The Bertz CT molecular complexity index is 1410. The summed E-state index contributed by atoms with van der Waals surface area (Å²) in [6.07, 6.45) is 2.11. The minimum absolute atomic E-state index is 0.0835. The van der Waals surface area contributed by atoms with Gasteiger partial charge in [-0.3, -0.25) is 13.9 Å². The molecule has 0 heterocycles. The number of hydrogen-bond donors (Lipinski definition) is 1. The molecule has 3 aromatic carbocycles. The van der Waals surface area contributed by atoms with Gasteiger partial charge in [-0.25, -0.2) is 8.42 Å². The molecule has 0 aliphatic rings. The van der Waals surface area contributed by atoms with Crippen LogP contribution in [0.25, 0.3) is 0 Å². The van der Waals surface area contributed by atoms with E-state index in [0.29, 0.717) is 24.4 Å². The van der Waals surface area contributed by atoms with Crippen LogP contribution in [0.3, 0.4) is 0 Å². The lowest BCUT2D eigenvalue weighted by molar-refractivity contribution is -0.140. The quantitative estimate of drug-likeness (QED) is 0.264. The van der Waals surface area contributed by atoms with Crippen molar-refractivity contribution in [1.29, 1.82) is 0 Å². The Morgan fingerprint density at radius 2 is 1.56 bits per heavy atom. The van der Waals surface area contributed by atoms with Gasteiger partial charge in [-0.05, 0) is 68.7 Å². The van der Waals surface area contributed by atoms with Crippen LogP contribution in [0.4, 0.5) is 5.69 Å². The van der Waals surface area contributed by atoms with Gasteiger partial charge in [0.2, 0.25) is 11.8 Å². The number of benzene rings is 3. The Morgan fingerprint density at radius 1 is 0.927 bits per heavy atom. The molecule has 3 rings (SSSR count). The fraction of sp³-hybridized carbons (Fsp3) is 0.375. The maximum absolute atomic E-state index is 14.1. The lowest BCUT2D eigenvalue weighted by Gasteiger charge is -2.33. The van der Waals surface area contributed by atoms with Gasteiger partial charge in [-0.15, -0.1) is 0 Å². The Balaban J connectivity index is 2.04. The SMILES string of the molecule is CCCCNC(=O)[C@@H](CC)N(Cc1cccc(OC)c1)C(=O)CN(c1ccc(C)cc1)S(=O)(=O)c1ccc(C)cc1. The molecule has 0 fully saturated rings. The van der Waals surface area contributed by atoms with E-state index in [1.165, 1.54) is 4.90 Å². The molecule has 2 amide bonds. The first-order valence-electron chi connectivity index (χ1n) is 14.0. The van der Waals surface area contributed by atoms with Crippen LogP contribution >= 0.6 is 0 Å². The zero-order valence-electron chi connectivity index (χ0n) is 24.6. The molecule has 0 bridgehead atoms. The Morgan fingerprint density at radius 3 is 2.15 bits per heavy atom. The van der Waals surface area contributed by atoms with Crippen LogP contribution in [-0.4, -0.2) is 51.4 Å². The summed E-state index contributed by atoms with van der Waals surface area (Å²) in [5.41, 5.74) is 3.01. The zero-order valence-corrected chi connectivity index (χ0v) is 25.4. The molecule has 9 heteroatoms. The molecule has 0 aliphatic carbocycles. The van der Waals surface area contributed by atoms with Crippen LogP contribution in [-0.2, 0) is 26.2 Å². The molecule has 0 aromatic heterocycles. The molecule has 3 aromatic rings. The van der Waals surface area contributed by atoms with Crippen molar-refractivity contribution in [1.82, 2.24) is 10.2 Å². The maximum atomic E-state index is 14.1. The second-order valence-corrected chi connectivity index (χ2v) is 12.0. The number of amides is 2. The number of rotatable bonds is 14. The summed E-state index contributed by atoms with van der Waals surface area (Å²) >= 11 is 0. The second-order valence-electron chi connectivity index (χ2n) is 10.1. The van der Waals surface area contributed by atoms with Crippen LogP contribution in [0.2, 0.25) is 0 Å². The number of nitrogens with zero attached hydrogens (tertiary/aromatic N) is 2. The fourth-order valence-electron chi connectivity index (χ4n) is 4.47. The Hall–Kier alpha value is -3.85. The van der Waals surface area contributed by atoms with E-state index in [0.717, 1.165) is 33.8 Å². The first-order valence-corrected chi connectivity index (χ1v) is 15.4. The molecule has 1 N–H and O–H groups in total. The lowest BCUT2D eigenvalue weighted by atomic mass is 10.1. The third kappa shape index (κ3) is 8.33. The largest absolute Gasteiger partial charge is 0.497 e. The minimum Gasteiger partial charge on any atom is -0.497 e. The van der Waals surface area contributed by atoms with Crippen LogP contribution in [0, 0.1) is 13.8 Å². The van der Waals surface area contributed by atoms with Crippen molar-refractivity contribution in [2.45, 2.75) is 64.4 Å². The number of sulfonamides is 1. The molecule has 0 unspecified atom stereocenters. The number of aryl methyl sites for hydroxylation is 2. The summed E-state index contributed by atoms with van der Waals surface area (Å²) in [4.78, 5) is 29.0. The van der Waals surface area contributed by atoms with Gasteiger partial charge < -0.3 is 15.0 Å². The van der Waals surface area contributed by atoms with Gasteiger partial charge in [-0.2, -0.15) is 0 Å². The Labute approximate surface area is 244 Å². The van der Waals surface area contributed by atoms with E-state index < -0.39 is 28.5 Å².